The molecular weight excluding hydrogens is 290 g/mol. The monoisotopic (exact) mass is 334 g/mol. The van der Waals surface area contributed by atoms with Crippen molar-refractivity contribution in [2.75, 3.05) is 32.1 Å². The van der Waals surface area contributed by atoms with Gasteiger partial charge in [-0.05, 0) is 34.1 Å². The van der Waals surface area contributed by atoms with Crippen LogP contribution < -0.4 is 0 Å². The highest BCUT2D eigenvalue weighted by atomic mass is 35.5. The third-order valence-electron chi connectivity index (χ3n) is 5.17. The minimum atomic E-state index is 0.844. The van der Waals surface area contributed by atoms with E-state index in [0.717, 1.165) is 5.88 Å². The molecule has 1 nitrogen and oxygen atoms in total. The van der Waals surface area contributed by atoms with Gasteiger partial charge in [-0.1, -0.05) is 64.7 Å². The average Bonchev–Trinajstić information content (AvgIpc) is 2.57. The molecule has 0 saturated heterocycles. The van der Waals surface area contributed by atoms with Crippen molar-refractivity contribution in [2.24, 2.45) is 0 Å². The van der Waals surface area contributed by atoms with E-state index in [-0.39, 0.29) is 0 Å². The molecule has 0 aliphatic rings. The standard InChI is InChI=1S/C12H25Cl.C8H20N/c1-2-3-4-5-6-7-8-9-10-11-12-13;1-5-9(6-2,7-3)8-4/h2-12H2,1H3;5-8H2,1-4H3/q;+1. The Morgan fingerprint density at radius 2 is 0.818 bits per heavy atom. The van der Waals surface area contributed by atoms with Crippen molar-refractivity contribution in [2.45, 2.75) is 98.8 Å². The Hall–Kier alpha value is 0.250. The molecule has 0 saturated carbocycles. The van der Waals surface area contributed by atoms with E-state index in [1.165, 1.54) is 94.9 Å². The molecule has 0 aromatic rings. The number of halogens is 1. The van der Waals surface area contributed by atoms with Gasteiger partial charge in [-0.3, -0.25) is 0 Å². The zero-order valence-electron chi connectivity index (χ0n) is 16.4. The van der Waals surface area contributed by atoms with Crippen molar-refractivity contribution in [3.63, 3.8) is 0 Å². The zero-order chi connectivity index (χ0) is 17.1. The molecule has 0 heterocycles. The fourth-order valence-electron chi connectivity index (χ4n) is 2.92. The van der Waals surface area contributed by atoms with Crippen molar-refractivity contribution in [1.82, 2.24) is 0 Å². The lowest BCUT2D eigenvalue weighted by Crippen LogP contribution is -2.47. The largest absolute Gasteiger partial charge is 0.325 e. The normalized spacial score (nSPS) is 11.2. The summed E-state index contributed by atoms with van der Waals surface area (Å²) in [5.41, 5.74) is 0. The minimum Gasteiger partial charge on any atom is -0.325 e. The van der Waals surface area contributed by atoms with Gasteiger partial charge in [0.25, 0.3) is 0 Å². The first-order valence-corrected chi connectivity index (χ1v) is 10.6. The molecule has 0 spiro atoms. The molecule has 0 aromatic carbocycles. The summed E-state index contributed by atoms with van der Waals surface area (Å²) in [7, 11) is 0. The number of unbranched alkanes of at least 4 members (excludes halogenated alkanes) is 9. The molecule has 22 heavy (non-hydrogen) atoms. The number of nitrogens with zero attached hydrogens (tertiary/aromatic N) is 1. The molecule has 0 bridgehead atoms. The van der Waals surface area contributed by atoms with Gasteiger partial charge in [0.1, 0.15) is 0 Å². The second-order valence-corrected chi connectivity index (χ2v) is 6.86. The van der Waals surface area contributed by atoms with Crippen molar-refractivity contribution in [3.05, 3.63) is 0 Å². The molecular formula is C20H45ClN+. The summed E-state index contributed by atoms with van der Waals surface area (Å²) in [6.07, 6.45) is 13.9. The van der Waals surface area contributed by atoms with Gasteiger partial charge in [0.05, 0.1) is 26.2 Å². The Balaban J connectivity index is 0. The SMILES string of the molecule is CCCCCCCCCCCCCl.CC[N+](CC)(CC)CC. The van der Waals surface area contributed by atoms with Crippen LogP contribution in [0.3, 0.4) is 0 Å². The number of quaternary nitrogens is 1. The van der Waals surface area contributed by atoms with Crippen LogP contribution in [0.25, 0.3) is 0 Å². The smallest absolute Gasteiger partial charge is 0.0757 e. The van der Waals surface area contributed by atoms with E-state index in [4.69, 9.17) is 11.6 Å². The van der Waals surface area contributed by atoms with Crippen molar-refractivity contribution < 1.29 is 4.48 Å². The third-order valence-corrected chi connectivity index (χ3v) is 5.44. The minimum absolute atomic E-state index is 0.844. The maximum Gasteiger partial charge on any atom is 0.0757 e. The average molecular weight is 335 g/mol. The first kappa shape index (κ1) is 24.5. The van der Waals surface area contributed by atoms with Crippen molar-refractivity contribution in [1.29, 1.82) is 0 Å². The Labute approximate surface area is 147 Å². The van der Waals surface area contributed by atoms with E-state index in [1.54, 1.807) is 0 Å². The maximum absolute atomic E-state index is 5.60. The lowest BCUT2D eigenvalue weighted by atomic mass is 10.1. The molecule has 0 aromatic heterocycles. The number of alkyl halides is 1. The highest BCUT2D eigenvalue weighted by molar-refractivity contribution is 6.17. The summed E-state index contributed by atoms with van der Waals surface area (Å²) in [5, 5.41) is 0. The van der Waals surface area contributed by atoms with Crippen LogP contribution in [0.15, 0.2) is 0 Å². The number of hydrogen-bond donors (Lipinski definition) is 0. The summed E-state index contributed by atoms with van der Waals surface area (Å²) in [5.74, 6) is 0.844. The van der Waals surface area contributed by atoms with Gasteiger partial charge in [0, 0.05) is 5.88 Å². The zero-order valence-corrected chi connectivity index (χ0v) is 17.2. The van der Waals surface area contributed by atoms with E-state index in [9.17, 15) is 0 Å². The topological polar surface area (TPSA) is 0 Å². The van der Waals surface area contributed by atoms with Crippen LogP contribution in [0.1, 0.15) is 98.8 Å². The van der Waals surface area contributed by atoms with Crippen LogP contribution in [0.5, 0.6) is 0 Å². The summed E-state index contributed by atoms with van der Waals surface area (Å²) in [4.78, 5) is 0. The van der Waals surface area contributed by atoms with Gasteiger partial charge in [0.15, 0.2) is 0 Å². The van der Waals surface area contributed by atoms with E-state index < -0.39 is 0 Å². The third kappa shape index (κ3) is 15.2. The van der Waals surface area contributed by atoms with Gasteiger partial charge < -0.3 is 4.48 Å². The molecule has 0 N–H and O–H groups in total. The molecule has 0 fully saturated rings. The Morgan fingerprint density at radius 3 is 1.05 bits per heavy atom. The fourth-order valence-corrected chi connectivity index (χ4v) is 3.11. The highest BCUT2D eigenvalue weighted by Crippen LogP contribution is 2.10. The Bertz CT molecular complexity index is 163. The van der Waals surface area contributed by atoms with Gasteiger partial charge in [-0.15, -0.1) is 11.6 Å². The summed E-state index contributed by atoms with van der Waals surface area (Å²) in [6, 6.07) is 0. The predicted molar refractivity (Wildman–Crippen MR) is 105 cm³/mol. The summed E-state index contributed by atoms with van der Waals surface area (Å²) < 4.78 is 1.28. The van der Waals surface area contributed by atoms with Crippen molar-refractivity contribution in [3.8, 4) is 0 Å². The number of rotatable bonds is 14. The molecule has 2 heteroatoms. The molecule has 0 rings (SSSR count). The second kappa shape index (κ2) is 19.3. The quantitative estimate of drug-likeness (QED) is 0.182. The van der Waals surface area contributed by atoms with Crippen LogP contribution >= 0.6 is 11.6 Å². The van der Waals surface area contributed by atoms with E-state index >= 15 is 0 Å². The van der Waals surface area contributed by atoms with Gasteiger partial charge >= 0.3 is 0 Å². The lowest BCUT2D eigenvalue weighted by Gasteiger charge is -2.34. The molecule has 0 aliphatic heterocycles. The van der Waals surface area contributed by atoms with Crippen LogP contribution in [0.2, 0.25) is 0 Å². The van der Waals surface area contributed by atoms with Gasteiger partial charge in [-0.2, -0.15) is 0 Å². The maximum atomic E-state index is 5.60. The first-order chi connectivity index (χ1) is 10.7. The van der Waals surface area contributed by atoms with Crippen LogP contribution in [0, 0.1) is 0 Å². The van der Waals surface area contributed by atoms with Crippen LogP contribution in [0.4, 0.5) is 0 Å². The molecule has 136 valence electrons. The van der Waals surface area contributed by atoms with E-state index in [0.29, 0.717) is 0 Å². The van der Waals surface area contributed by atoms with Crippen LogP contribution in [-0.4, -0.2) is 36.5 Å². The number of hydrogen-bond acceptors (Lipinski definition) is 0. The predicted octanol–water partition coefficient (Wildman–Crippen LogP) is 7.03. The molecule has 0 unspecified atom stereocenters. The highest BCUT2D eigenvalue weighted by Gasteiger charge is 2.16. The fraction of sp³-hybridized carbons (Fsp3) is 1.00. The van der Waals surface area contributed by atoms with E-state index in [2.05, 4.69) is 34.6 Å². The molecule has 0 aliphatic carbocycles. The summed E-state index contributed by atoms with van der Waals surface area (Å²) in [6.45, 7) is 16.5. The Kier molecular flexibility index (Phi) is 21.5. The van der Waals surface area contributed by atoms with E-state index in [1.807, 2.05) is 0 Å². The second-order valence-electron chi connectivity index (χ2n) is 6.48. The molecule has 0 atom stereocenters. The lowest BCUT2D eigenvalue weighted by molar-refractivity contribution is -0.921. The van der Waals surface area contributed by atoms with Crippen LogP contribution in [-0.2, 0) is 0 Å². The van der Waals surface area contributed by atoms with Gasteiger partial charge in [-0.25, -0.2) is 0 Å². The first-order valence-electron chi connectivity index (χ1n) is 10.1. The Morgan fingerprint density at radius 1 is 0.500 bits per heavy atom. The van der Waals surface area contributed by atoms with Crippen molar-refractivity contribution >= 4 is 11.6 Å². The summed E-state index contributed by atoms with van der Waals surface area (Å²) >= 11 is 5.60. The molecule has 0 radical (unpaired) electrons. The van der Waals surface area contributed by atoms with Gasteiger partial charge in [0.2, 0.25) is 0 Å². The molecule has 0 amide bonds.